The summed E-state index contributed by atoms with van der Waals surface area (Å²) in [5.74, 6) is -8.11. The van der Waals surface area contributed by atoms with Crippen molar-refractivity contribution in [3.8, 4) is 5.75 Å². The maximum atomic E-state index is 14.5. The van der Waals surface area contributed by atoms with E-state index in [2.05, 4.69) is 9.72 Å². The third-order valence-electron chi connectivity index (χ3n) is 4.69. The number of halogens is 4. The van der Waals surface area contributed by atoms with Gasteiger partial charge >= 0.3 is 0 Å². The van der Waals surface area contributed by atoms with Gasteiger partial charge in [-0.15, -0.1) is 0 Å². The van der Waals surface area contributed by atoms with Gasteiger partial charge in [0.25, 0.3) is 5.91 Å². The van der Waals surface area contributed by atoms with Gasteiger partial charge in [0.2, 0.25) is 11.6 Å². The number of carbonyl (C=O) groups is 1. The van der Waals surface area contributed by atoms with Gasteiger partial charge in [0.05, 0.1) is 30.7 Å². The Morgan fingerprint density at radius 3 is 2.43 bits per heavy atom. The summed E-state index contributed by atoms with van der Waals surface area (Å²) in [4.78, 5) is 15.8. The molecule has 1 amide bonds. The topological polar surface area (TPSA) is 102 Å². The molecule has 0 aliphatic heterocycles. The predicted molar refractivity (Wildman–Crippen MR) is 97.9 cm³/mol. The SMILES string of the molecule is COc1c(F)c(F)c(Cn2c(CCC(N)C(=O)NO)nc3ccccc32)c(F)c1F. The molecule has 30 heavy (non-hydrogen) atoms. The molecule has 2 aromatic carbocycles. The van der Waals surface area contributed by atoms with E-state index >= 15 is 0 Å². The Labute approximate surface area is 168 Å². The first-order valence-electron chi connectivity index (χ1n) is 8.82. The van der Waals surface area contributed by atoms with Crippen molar-refractivity contribution in [2.45, 2.75) is 25.4 Å². The summed E-state index contributed by atoms with van der Waals surface area (Å²) in [6, 6.07) is 5.57. The van der Waals surface area contributed by atoms with E-state index in [-0.39, 0.29) is 18.7 Å². The van der Waals surface area contributed by atoms with E-state index < -0.39 is 53.1 Å². The lowest BCUT2D eigenvalue weighted by Gasteiger charge is -2.15. The van der Waals surface area contributed by atoms with Crippen molar-refractivity contribution < 1.29 is 32.3 Å². The fourth-order valence-corrected chi connectivity index (χ4v) is 3.12. The van der Waals surface area contributed by atoms with Gasteiger partial charge in [-0.2, -0.15) is 8.78 Å². The average Bonchev–Trinajstić information content (AvgIpc) is 3.10. The van der Waals surface area contributed by atoms with Crippen LogP contribution in [-0.4, -0.2) is 33.8 Å². The summed E-state index contributed by atoms with van der Waals surface area (Å²) < 4.78 is 63.0. The molecule has 1 unspecified atom stereocenters. The third kappa shape index (κ3) is 3.81. The first kappa shape index (κ1) is 21.5. The quantitative estimate of drug-likeness (QED) is 0.233. The molecule has 4 N–H and O–H groups in total. The normalized spacial score (nSPS) is 12.2. The van der Waals surface area contributed by atoms with Gasteiger partial charge < -0.3 is 15.0 Å². The molecule has 0 bridgehead atoms. The van der Waals surface area contributed by atoms with Gasteiger partial charge in [-0.25, -0.2) is 19.2 Å². The maximum Gasteiger partial charge on any atom is 0.260 e. The van der Waals surface area contributed by atoms with E-state index in [0.29, 0.717) is 11.0 Å². The monoisotopic (exact) mass is 426 g/mol. The van der Waals surface area contributed by atoms with Gasteiger partial charge in [0, 0.05) is 12.0 Å². The number of aryl methyl sites for hydroxylation is 1. The van der Waals surface area contributed by atoms with Crippen LogP contribution in [0.2, 0.25) is 0 Å². The highest BCUT2D eigenvalue weighted by Crippen LogP contribution is 2.31. The van der Waals surface area contributed by atoms with Crippen molar-refractivity contribution in [2.75, 3.05) is 7.11 Å². The highest BCUT2D eigenvalue weighted by Gasteiger charge is 2.27. The second-order valence-corrected chi connectivity index (χ2v) is 6.49. The molecule has 1 heterocycles. The van der Waals surface area contributed by atoms with Crippen molar-refractivity contribution in [2.24, 2.45) is 5.73 Å². The standard InChI is InChI=1S/C19H18F4N4O3/c1-30-18-16(22)14(20)9(15(21)17(18)23)8-27-12-5-3-2-4-11(12)25-13(27)7-6-10(24)19(28)26-29/h2-5,10,29H,6-8,24H2,1H3,(H,26,28). The number of aromatic nitrogens is 2. The Balaban J connectivity index is 2.05. The summed E-state index contributed by atoms with van der Waals surface area (Å²) >= 11 is 0. The number of imidazole rings is 1. The minimum absolute atomic E-state index is 0.0476. The second-order valence-electron chi connectivity index (χ2n) is 6.49. The molecule has 1 aromatic heterocycles. The molecule has 0 spiro atoms. The molecule has 0 fully saturated rings. The van der Waals surface area contributed by atoms with Crippen LogP contribution < -0.4 is 16.0 Å². The minimum atomic E-state index is -1.64. The number of nitrogens with zero attached hydrogens (tertiary/aromatic N) is 2. The minimum Gasteiger partial charge on any atom is -0.491 e. The Bertz CT molecular complexity index is 1070. The van der Waals surface area contributed by atoms with Crippen LogP contribution in [-0.2, 0) is 17.8 Å². The lowest BCUT2D eigenvalue weighted by atomic mass is 10.1. The number of hydrogen-bond acceptors (Lipinski definition) is 5. The van der Waals surface area contributed by atoms with Crippen molar-refractivity contribution in [3.63, 3.8) is 0 Å². The van der Waals surface area contributed by atoms with Crippen LogP contribution in [0.4, 0.5) is 17.6 Å². The van der Waals surface area contributed by atoms with Crippen LogP contribution in [0, 0.1) is 23.3 Å². The summed E-state index contributed by atoms with van der Waals surface area (Å²) in [7, 11) is 0.896. The number of benzene rings is 2. The number of ether oxygens (including phenoxy) is 1. The first-order valence-corrected chi connectivity index (χ1v) is 8.82. The number of para-hydroxylation sites is 2. The molecule has 0 saturated heterocycles. The van der Waals surface area contributed by atoms with Crippen LogP contribution in [0.1, 0.15) is 17.8 Å². The maximum absolute atomic E-state index is 14.5. The van der Waals surface area contributed by atoms with Gasteiger partial charge in [0.15, 0.2) is 17.4 Å². The molecular weight excluding hydrogens is 408 g/mol. The van der Waals surface area contributed by atoms with Crippen LogP contribution in [0.15, 0.2) is 24.3 Å². The van der Waals surface area contributed by atoms with Crippen molar-refractivity contribution in [1.29, 1.82) is 0 Å². The number of hydrogen-bond donors (Lipinski definition) is 3. The highest BCUT2D eigenvalue weighted by molar-refractivity contribution is 5.80. The van der Waals surface area contributed by atoms with Crippen molar-refractivity contribution in [3.05, 3.63) is 58.9 Å². The lowest BCUT2D eigenvalue weighted by molar-refractivity contribution is -0.130. The molecule has 7 nitrogen and oxygen atoms in total. The van der Waals surface area contributed by atoms with Crippen molar-refractivity contribution in [1.82, 2.24) is 15.0 Å². The molecular formula is C19H18F4N4O3. The molecule has 0 radical (unpaired) electrons. The van der Waals surface area contributed by atoms with E-state index in [9.17, 15) is 22.4 Å². The first-order chi connectivity index (χ1) is 14.3. The second kappa shape index (κ2) is 8.67. The van der Waals surface area contributed by atoms with E-state index in [0.717, 1.165) is 7.11 Å². The number of nitrogens with two attached hydrogens (primary N) is 1. The van der Waals surface area contributed by atoms with Crippen LogP contribution >= 0.6 is 0 Å². The molecule has 1 atom stereocenters. The summed E-state index contributed by atoms with van der Waals surface area (Å²) in [6.45, 7) is -0.563. The molecule has 160 valence electrons. The number of amides is 1. The van der Waals surface area contributed by atoms with Gasteiger partial charge in [0.1, 0.15) is 5.82 Å². The smallest absolute Gasteiger partial charge is 0.260 e. The Morgan fingerprint density at radius 1 is 1.20 bits per heavy atom. The zero-order valence-corrected chi connectivity index (χ0v) is 15.8. The number of hydroxylamine groups is 1. The summed E-state index contributed by atoms with van der Waals surface area (Å²) in [5, 5.41) is 8.66. The summed E-state index contributed by atoms with van der Waals surface area (Å²) in [5.41, 5.74) is 7.18. The zero-order chi connectivity index (χ0) is 22.0. The van der Waals surface area contributed by atoms with E-state index in [1.807, 2.05) is 0 Å². The number of carbonyl (C=O) groups excluding carboxylic acids is 1. The third-order valence-corrected chi connectivity index (χ3v) is 4.69. The van der Waals surface area contributed by atoms with E-state index in [4.69, 9.17) is 10.9 Å². The molecule has 3 aromatic rings. The molecule has 0 saturated carbocycles. The largest absolute Gasteiger partial charge is 0.491 e. The van der Waals surface area contributed by atoms with Crippen LogP contribution in [0.5, 0.6) is 5.75 Å². The number of rotatable bonds is 7. The molecule has 0 aliphatic carbocycles. The Morgan fingerprint density at radius 2 is 1.83 bits per heavy atom. The van der Waals surface area contributed by atoms with Gasteiger partial charge in [-0.05, 0) is 18.6 Å². The van der Waals surface area contributed by atoms with Gasteiger partial charge in [-0.1, -0.05) is 12.1 Å². The van der Waals surface area contributed by atoms with Crippen LogP contribution in [0.25, 0.3) is 11.0 Å². The molecule has 3 rings (SSSR count). The Kier molecular flexibility index (Phi) is 6.22. The zero-order valence-electron chi connectivity index (χ0n) is 15.8. The number of methoxy groups -OCH3 is 1. The predicted octanol–water partition coefficient (Wildman–Crippen LogP) is 2.41. The van der Waals surface area contributed by atoms with Crippen molar-refractivity contribution >= 4 is 16.9 Å². The van der Waals surface area contributed by atoms with Gasteiger partial charge in [-0.3, -0.25) is 10.0 Å². The number of fused-ring (bicyclic) bond motifs is 1. The van der Waals surface area contributed by atoms with E-state index in [1.54, 1.807) is 24.3 Å². The lowest BCUT2D eigenvalue weighted by Crippen LogP contribution is -2.39. The molecule has 11 heteroatoms. The molecule has 0 aliphatic rings. The highest BCUT2D eigenvalue weighted by atomic mass is 19.2. The fraction of sp³-hybridized carbons (Fsp3) is 0.263. The van der Waals surface area contributed by atoms with Crippen LogP contribution in [0.3, 0.4) is 0 Å². The fourth-order valence-electron chi connectivity index (χ4n) is 3.12. The Hall–Kier alpha value is -3.18. The summed E-state index contributed by atoms with van der Waals surface area (Å²) in [6.07, 6.45) is 0.139. The average molecular weight is 426 g/mol. The van der Waals surface area contributed by atoms with E-state index in [1.165, 1.54) is 10.0 Å². The number of nitrogens with one attached hydrogen (secondary N) is 1.